The second kappa shape index (κ2) is 14.0. The molecule has 3 N–H and O–H groups in total. The molecule has 0 saturated heterocycles. The molecule has 4 rings (SSSR count). The monoisotopic (exact) mass is 560 g/mol. The molecule has 0 spiro atoms. The number of aliphatic hydroxyl groups excluding tert-OH is 1. The lowest BCUT2D eigenvalue weighted by Crippen LogP contribution is -2.47. The molecule has 0 radical (unpaired) electrons. The van der Waals surface area contributed by atoms with E-state index in [0.29, 0.717) is 41.5 Å². The predicted octanol–water partition coefficient (Wildman–Crippen LogP) is 4.62. The van der Waals surface area contributed by atoms with Crippen LogP contribution in [0, 0.1) is 5.92 Å². The van der Waals surface area contributed by atoms with Gasteiger partial charge in [0.25, 0.3) is 0 Å². The molecule has 1 aliphatic heterocycles. The fourth-order valence-corrected chi connectivity index (χ4v) is 4.96. The first-order chi connectivity index (χ1) is 19.7. The van der Waals surface area contributed by atoms with Gasteiger partial charge in [-0.3, -0.25) is 9.69 Å². The van der Waals surface area contributed by atoms with Gasteiger partial charge in [-0.05, 0) is 62.0 Å². The zero-order valence-corrected chi connectivity index (χ0v) is 24.2. The molecule has 218 valence electrons. The molecule has 9 heteroatoms. The summed E-state index contributed by atoms with van der Waals surface area (Å²) >= 11 is 0. The Hall–Kier alpha value is -4.08. The highest BCUT2D eigenvalue weighted by Gasteiger charge is 2.31. The summed E-state index contributed by atoms with van der Waals surface area (Å²) < 4.78 is 11.8. The van der Waals surface area contributed by atoms with Crippen LogP contribution in [0.3, 0.4) is 0 Å². The standard InChI is InChI=1S/C32H40N4O5/c1-22-18-36(23(2)21-37)31(38)17-25-16-27(34-32(39)33-26-10-13-28(40-4)14-11-26)12-15-29(25)41-30(22)20-35(3)19-24-8-6-5-7-9-24/h5-16,22-23,30,37H,17-21H2,1-4H3,(H2,33,34,39)/t22-,23+,30+/m1/s1. The van der Waals surface area contributed by atoms with Gasteiger partial charge in [-0.15, -0.1) is 0 Å². The molecule has 0 fully saturated rings. The maximum atomic E-state index is 13.5. The molecule has 0 aromatic heterocycles. The van der Waals surface area contributed by atoms with E-state index in [2.05, 4.69) is 41.6 Å². The number of carbonyl (C=O) groups is 2. The van der Waals surface area contributed by atoms with E-state index >= 15 is 0 Å². The Morgan fingerprint density at radius 3 is 2.46 bits per heavy atom. The van der Waals surface area contributed by atoms with Crippen LogP contribution in [-0.4, -0.2) is 72.8 Å². The summed E-state index contributed by atoms with van der Waals surface area (Å²) in [6.45, 7) is 5.68. The van der Waals surface area contributed by atoms with Gasteiger partial charge in [0.2, 0.25) is 5.91 Å². The van der Waals surface area contributed by atoms with Gasteiger partial charge in [-0.2, -0.15) is 0 Å². The van der Waals surface area contributed by atoms with E-state index in [-0.39, 0.29) is 37.0 Å². The average Bonchev–Trinajstić information content (AvgIpc) is 3.01. The number of benzene rings is 3. The molecule has 9 nitrogen and oxygen atoms in total. The number of anilines is 2. The number of amides is 3. The molecule has 1 aliphatic rings. The summed E-state index contributed by atoms with van der Waals surface area (Å²) in [5, 5.41) is 15.5. The first kappa shape index (κ1) is 29.9. The number of nitrogens with one attached hydrogen (secondary N) is 2. The van der Waals surface area contributed by atoms with Crippen molar-refractivity contribution in [2.75, 3.05) is 44.5 Å². The van der Waals surface area contributed by atoms with E-state index in [0.717, 1.165) is 6.54 Å². The van der Waals surface area contributed by atoms with E-state index in [1.165, 1.54) is 5.56 Å². The molecule has 3 aromatic rings. The number of rotatable bonds is 9. The Morgan fingerprint density at radius 2 is 1.78 bits per heavy atom. The summed E-state index contributed by atoms with van der Waals surface area (Å²) in [7, 11) is 3.64. The van der Waals surface area contributed by atoms with Gasteiger partial charge in [0.05, 0.1) is 26.2 Å². The number of carbonyl (C=O) groups excluding carboxylic acids is 2. The Balaban J connectivity index is 1.54. The first-order valence-corrected chi connectivity index (χ1v) is 13.9. The van der Waals surface area contributed by atoms with Gasteiger partial charge in [-0.25, -0.2) is 4.79 Å². The van der Waals surface area contributed by atoms with Crippen LogP contribution in [0.1, 0.15) is 25.0 Å². The summed E-state index contributed by atoms with van der Waals surface area (Å²) in [6.07, 6.45) is -0.117. The van der Waals surface area contributed by atoms with E-state index in [9.17, 15) is 14.7 Å². The number of hydrogen-bond donors (Lipinski definition) is 3. The number of fused-ring (bicyclic) bond motifs is 1. The minimum absolute atomic E-state index is 0.00481. The Morgan fingerprint density at radius 1 is 1.10 bits per heavy atom. The molecule has 0 saturated carbocycles. The lowest BCUT2D eigenvalue weighted by Gasteiger charge is -2.34. The second-order valence-corrected chi connectivity index (χ2v) is 10.7. The minimum Gasteiger partial charge on any atom is -0.497 e. The van der Waals surface area contributed by atoms with Crippen molar-refractivity contribution in [1.29, 1.82) is 0 Å². The van der Waals surface area contributed by atoms with Crippen LogP contribution in [-0.2, 0) is 17.8 Å². The number of aliphatic hydroxyl groups is 1. The number of ether oxygens (including phenoxy) is 2. The number of hydrogen-bond acceptors (Lipinski definition) is 6. The summed E-state index contributed by atoms with van der Waals surface area (Å²) in [5.41, 5.74) is 3.05. The third-order valence-electron chi connectivity index (χ3n) is 7.31. The molecule has 41 heavy (non-hydrogen) atoms. The molecule has 0 bridgehead atoms. The first-order valence-electron chi connectivity index (χ1n) is 13.9. The van der Waals surface area contributed by atoms with Crippen molar-refractivity contribution in [3.8, 4) is 11.5 Å². The SMILES string of the molecule is COc1ccc(NC(=O)Nc2ccc3c(c2)CC(=O)N([C@@H](C)CO)C[C@@H](C)[C@H](CN(C)Cc2ccccc2)O3)cc1. The van der Waals surface area contributed by atoms with Crippen molar-refractivity contribution in [3.63, 3.8) is 0 Å². The minimum atomic E-state index is -0.407. The van der Waals surface area contributed by atoms with Crippen LogP contribution in [0.25, 0.3) is 0 Å². The molecular weight excluding hydrogens is 520 g/mol. The summed E-state index contributed by atoms with van der Waals surface area (Å²) in [5.74, 6) is 1.22. The van der Waals surface area contributed by atoms with Crippen LogP contribution in [0.5, 0.6) is 11.5 Å². The van der Waals surface area contributed by atoms with Crippen LogP contribution < -0.4 is 20.1 Å². The predicted molar refractivity (Wildman–Crippen MR) is 160 cm³/mol. The zero-order valence-electron chi connectivity index (χ0n) is 24.2. The zero-order chi connectivity index (χ0) is 29.4. The van der Waals surface area contributed by atoms with Crippen molar-refractivity contribution < 1.29 is 24.2 Å². The van der Waals surface area contributed by atoms with Crippen LogP contribution >= 0.6 is 0 Å². The van der Waals surface area contributed by atoms with Gasteiger partial charge in [0.1, 0.15) is 17.6 Å². The van der Waals surface area contributed by atoms with Crippen LogP contribution in [0.15, 0.2) is 72.8 Å². The van der Waals surface area contributed by atoms with Gasteiger partial charge >= 0.3 is 6.03 Å². The van der Waals surface area contributed by atoms with Crippen LogP contribution in [0.2, 0.25) is 0 Å². The number of nitrogens with zero attached hydrogens (tertiary/aromatic N) is 2. The van der Waals surface area contributed by atoms with E-state index in [4.69, 9.17) is 9.47 Å². The smallest absolute Gasteiger partial charge is 0.323 e. The molecule has 0 unspecified atom stereocenters. The highest BCUT2D eigenvalue weighted by molar-refractivity contribution is 6.00. The van der Waals surface area contributed by atoms with Crippen molar-refractivity contribution >= 4 is 23.3 Å². The molecule has 3 atom stereocenters. The van der Waals surface area contributed by atoms with Gasteiger partial charge in [0, 0.05) is 42.5 Å². The Kier molecular flexibility index (Phi) is 10.2. The van der Waals surface area contributed by atoms with Crippen molar-refractivity contribution in [1.82, 2.24) is 9.80 Å². The fourth-order valence-electron chi connectivity index (χ4n) is 4.96. The van der Waals surface area contributed by atoms with E-state index in [1.807, 2.05) is 31.2 Å². The normalized spacial score (nSPS) is 17.9. The lowest BCUT2D eigenvalue weighted by atomic mass is 10.0. The Bertz CT molecular complexity index is 1300. The highest BCUT2D eigenvalue weighted by Crippen LogP contribution is 2.29. The van der Waals surface area contributed by atoms with Gasteiger partial charge in [0.15, 0.2) is 0 Å². The van der Waals surface area contributed by atoms with E-state index in [1.54, 1.807) is 48.4 Å². The Labute approximate surface area is 242 Å². The number of likely N-dealkylation sites (N-methyl/N-ethyl adjacent to an activating group) is 1. The topological polar surface area (TPSA) is 103 Å². The fraction of sp³-hybridized carbons (Fsp3) is 0.375. The molecule has 3 aromatic carbocycles. The highest BCUT2D eigenvalue weighted by atomic mass is 16.5. The third-order valence-corrected chi connectivity index (χ3v) is 7.31. The maximum absolute atomic E-state index is 13.5. The quantitative estimate of drug-likeness (QED) is 0.353. The maximum Gasteiger partial charge on any atom is 0.323 e. The van der Waals surface area contributed by atoms with E-state index < -0.39 is 6.03 Å². The van der Waals surface area contributed by atoms with Crippen molar-refractivity contribution in [2.45, 2.75) is 39.0 Å². The molecule has 0 aliphatic carbocycles. The van der Waals surface area contributed by atoms with Crippen molar-refractivity contribution in [2.24, 2.45) is 5.92 Å². The van der Waals surface area contributed by atoms with Crippen LogP contribution in [0.4, 0.5) is 16.2 Å². The summed E-state index contributed by atoms with van der Waals surface area (Å²) in [6, 6.07) is 21.9. The van der Waals surface area contributed by atoms with Gasteiger partial charge in [-0.1, -0.05) is 37.3 Å². The second-order valence-electron chi connectivity index (χ2n) is 10.7. The lowest BCUT2D eigenvalue weighted by molar-refractivity contribution is -0.134. The van der Waals surface area contributed by atoms with Gasteiger partial charge < -0.3 is 30.1 Å². The molecule has 1 heterocycles. The molecule has 3 amide bonds. The number of urea groups is 1. The molecular formula is C32H40N4O5. The largest absolute Gasteiger partial charge is 0.497 e. The van der Waals surface area contributed by atoms with Crippen molar-refractivity contribution in [3.05, 3.63) is 83.9 Å². The summed E-state index contributed by atoms with van der Waals surface area (Å²) in [4.78, 5) is 30.1. The third kappa shape index (κ3) is 8.22. The number of methoxy groups -OCH3 is 1. The average molecular weight is 561 g/mol.